The fraction of sp³-hybridized carbons (Fsp3) is 0.846. The van der Waals surface area contributed by atoms with Crippen LogP contribution in [0.25, 0.3) is 0 Å². The van der Waals surface area contributed by atoms with E-state index >= 15 is 0 Å². The lowest BCUT2D eigenvalue weighted by molar-refractivity contribution is -0.137. The van der Waals surface area contributed by atoms with Gasteiger partial charge in [0, 0.05) is 12.6 Å². The molecule has 0 radical (unpaired) electrons. The fourth-order valence-corrected chi connectivity index (χ4v) is 3.08. The molecule has 0 aromatic rings. The van der Waals surface area contributed by atoms with Crippen LogP contribution in [0.15, 0.2) is 0 Å². The summed E-state index contributed by atoms with van der Waals surface area (Å²) in [5.74, 6) is -0.330. The molecule has 1 aliphatic carbocycles. The normalized spacial score (nSPS) is 18.0. The van der Waals surface area contributed by atoms with E-state index in [1.54, 1.807) is 4.90 Å². The van der Waals surface area contributed by atoms with E-state index in [4.69, 9.17) is 23.1 Å². The second-order valence-electron chi connectivity index (χ2n) is 5.32. The number of hydrogen-bond acceptors (Lipinski definition) is 3. The van der Waals surface area contributed by atoms with E-state index in [9.17, 15) is 4.79 Å². The van der Waals surface area contributed by atoms with Crippen LogP contribution in [0.5, 0.6) is 0 Å². The van der Waals surface area contributed by atoms with Crippen molar-refractivity contribution in [2.75, 3.05) is 13.2 Å². The van der Waals surface area contributed by atoms with Crippen molar-refractivity contribution in [3.05, 3.63) is 0 Å². The number of nitrogens with two attached hydrogens (primary N) is 1. The van der Waals surface area contributed by atoms with Gasteiger partial charge in [-0.25, -0.2) is 0 Å². The molecule has 1 aliphatic rings. The number of amides is 1. The minimum Gasteiger partial charge on any atom is -0.395 e. The van der Waals surface area contributed by atoms with Gasteiger partial charge in [0.15, 0.2) is 0 Å². The number of nitrogens with zero attached hydrogens (tertiary/aromatic N) is 1. The number of aliphatic hydroxyl groups excluding tert-OH is 1. The van der Waals surface area contributed by atoms with E-state index in [0.29, 0.717) is 6.54 Å². The highest BCUT2D eigenvalue weighted by atomic mass is 32.1. The van der Waals surface area contributed by atoms with Crippen molar-refractivity contribution in [3.63, 3.8) is 0 Å². The molecule has 1 amide bonds. The standard InChI is InChI=1S/C13H24N2O2S/c1-9(2)11(12(14)18)13(17)15(7-8-16)10-5-3-4-6-10/h9-11,16H,3-8H2,1-2H3,(H2,14,18). The van der Waals surface area contributed by atoms with Gasteiger partial charge in [-0.15, -0.1) is 0 Å². The molecule has 5 heteroatoms. The van der Waals surface area contributed by atoms with Gasteiger partial charge in [-0.05, 0) is 18.8 Å². The molecular formula is C13H24N2O2S. The monoisotopic (exact) mass is 272 g/mol. The summed E-state index contributed by atoms with van der Waals surface area (Å²) in [5.41, 5.74) is 5.69. The highest BCUT2D eigenvalue weighted by Crippen LogP contribution is 2.26. The van der Waals surface area contributed by atoms with E-state index < -0.39 is 5.92 Å². The van der Waals surface area contributed by atoms with E-state index in [2.05, 4.69) is 0 Å². The van der Waals surface area contributed by atoms with Crippen LogP contribution in [0.2, 0.25) is 0 Å². The maximum absolute atomic E-state index is 12.6. The molecule has 4 nitrogen and oxygen atoms in total. The Bertz CT molecular complexity index is 301. The highest BCUT2D eigenvalue weighted by molar-refractivity contribution is 7.80. The summed E-state index contributed by atoms with van der Waals surface area (Å²) in [4.78, 5) is 14.6. The van der Waals surface area contributed by atoms with E-state index in [-0.39, 0.29) is 29.5 Å². The minimum absolute atomic E-state index is 0.00954. The Morgan fingerprint density at radius 1 is 1.44 bits per heavy atom. The van der Waals surface area contributed by atoms with E-state index in [1.807, 2.05) is 13.8 Å². The average Bonchev–Trinajstić information content (AvgIpc) is 2.77. The summed E-state index contributed by atoms with van der Waals surface area (Å²) in [5, 5.41) is 9.15. The Balaban J connectivity index is 2.82. The van der Waals surface area contributed by atoms with Crippen molar-refractivity contribution in [2.45, 2.75) is 45.6 Å². The first-order chi connectivity index (χ1) is 8.49. The Morgan fingerprint density at radius 3 is 2.39 bits per heavy atom. The van der Waals surface area contributed by atoms with Gasteiger partial charge >= 0.3 is 0 Å². The predicted molar refractivity (Wildman–Crippen MR) is 76.2 cm³/mol. The first-order valence-corrected chi connectivity index (χ1v) is 7.10. The van der Waals surface area contributed by atoms with Gasteiger partial charge in [0.1, 0.15) is 0 Å². The molecule has 1 rings (SSSR count). The summed E-state index contributed by atoms with van der Waals surface area (Å²) in [6.45, 7) is 4.28. The second-order valence-corrected chi connectivity index (χ2v) is 5.79. The second kappa shape index (κ2) is 7.04. The van der Waals surface area contributed by atoms with E-state index in [0.717, 1.165) is 25.7 Å². The zero-order valence-corrected chi connectivity index (χ0v) is 12.1. The summed E-state index contributed by atoms with van der Waals surface area (Å²) in [7, 11) is 0. The Hall–Kier alpha value is -0.680. The molecule has 0 aromatic carbocycles. The number of aliphatic hydroxyl groups is 1. The van der Waals surface area contributed by atoms with Crippen molar-refractivity contribution in [1.29, 1.82) is 0 Å². The Morgan fingerprint density at radius 2 is 2.00 bits per heavy atom. The number of carbonyl (C=O) groups excluding carboxylic acids is 1. The molecule has 0 aliphatic heterocycles. The van der Waals surface area contributed by atoms with Crippen LogP contribution >= 0.6 is 12.2 Å². The molecule has 104 valence electrons. The quantitative estimate of drug-likeness (QED) is 0.715. The Kier molecular flexibility index (Phi) is 6.02. The minimum atomic E-state index is -0.410. The van der Waals surface area contributed by atoms with Gasteiger partial charge in [-0.1, -0.05) is 38.9 Å². The van der Waals surface area contributed by atoms with Crippen LogP contribution in [-0.4, -0.2) is 40.1 Å². The van der Waals surface area contributed by atoms with Crippen LogP contribution in [0.4, 0.5) is 0 Å². The maximum Gasteiger partial charge on any atom is 0.233 e. The highest BCUT2D eigenvalue weighted by Gasteiger charge is 2.33. The molecule has 3 N–H and O–H groups in total. The van der Waals surface area contributed by atoms with Crippen molar-refractivity contribution >= 4 is 23.1 Å². The zero-order chi connectivity index (χ0) is 13.7. The third-order valence-corrected chi connectivity index (χ3v) is 3.88. The Labute approximate surface area is 115 Å². The lowest BCUT2D eigenvalue weighted by Gasteiger charge is -2.33. The van der Waals surface area contributed by atoms with Crippen LogP contribution in [0.3, 0.4) is 0 Å². The van der Waals surface area contributed by atoms with Gasteiger partial charge in [0.05, 0.1) is 17.5 Å². The number of carbonyl (C=O) groups is 1. The van der Waals surface area contributed by atoms with Gasteiger partial charge in [0.2, 0.25) is 5.91 Å². The van der Waals surface area contributed by atoms with Crippen LogP contribution in [0, 0.1) is 11.8 Å². The molecular weight excluding hydrogens is 248 g/mol. The molecule has 1 saturated carbocycles. The lowest BCUT2D eigenvalue weighted by Crippen LogP contribution is -2.48. The number of rotatable bonds is 6. The van der Waals surface area contributed by atoms with Crippen molar-refractivity contribution in [2.24, 2.45) is 17.6 Å². The van der Waals surface area contributed by atoms with Crippen molar-refractivity contribution in [1.82, 2.24) is 4.90 Å². The molecule has 0 aromatic heterocycles. The van der Waals surface area contributed by atoms with Crippen LogP contribution in [-0.2, 0) is 4.79 Å². The topological polar surface area (TPSA) is 66.6 Å². The molecule has 1 atom stereocenters. The van der Waals surface area contributed by atoms with Crippen molar-refractivity contribution in [3.8, 4) is 0 Å². The first kappa shape index (κ1) is 15.4. The molecule has 0 bridgehead atoms. The predicted octanol–water partition coefficient (Wildman–Crippen LogP) is 1.31. The fourth-order valence-electron chi connectivity index (χ4n) is 2.71. The van der Waals surface area contributed by atoms with Gasteiger partial charge in [0.25, 0.3) is 0 Å². The first-order valence-electron chi connectivity index (χ1n) is 6.69. The summed E-state index contributed by atoms with van der Waals surface area (Å²) < 4.78 is 0. The van der Waals surface area contributed by atoms with E-state index in [1.165, 1.54) is 0 Å². The van der Waals surface area contributed by atoms with Crippen LogP contribution < -0.4 is 5.73 Å². The smallest absolute Gasteiger partial charge is 0.233 e. The van der Waals surface area contributed by atoms with Gasteiger partial charge < -0.3 is 15.7 Å². The summed E-state index contributed by atoms with van der Waals surface area (Å²) >= 11 is 5.02. The van der Waals surface area contributed by atoms with Gasteiger partial charge in [-0.2, -0.15) is 0 Å². The molecule has 0 heterocycles. The third kappa shape index (κ3) is 3.65. The molecule has 0 spiro atoms. The average molecular weight is 272 g/mol. The van der Waals surface area contributed by atoms with Crippen LogP contribution in [0.1, 0.15) is 39.5 Å². The number of thiocarbonyl (C=S) groups is 1. The number of hydrogen-bond donors (Lipinski definition) is 2. The van der Waals surface area contributed by atoms with Crippen molar-refractivity contribution < 1.29 is 9.90 Å². The maximum atomic E-state index is 12.6. The molecule has 1 unspecified atom stereocenters. The SMILES string of the molecule is CC(C)C(C(=O)N(CCO)C1CCCC1)C(N)=S. The van der Waals surface area contributed by atoms with Gasteiger partial charge in [-0.3, -0.25) is 4.79 Å². The third-order valence-electron chi connectivity index (χ3n) is 3.63. The molecule has 1 fully saturated rings. The summed E-state index contributed by atoms with van der Waals surface area (Å²) in [6.07, 6.45) is 4.35. The zero-order valence-electron chi connectivity index (χ0n) is 11.3. The molecule has 0 saturated heterocycles. The molecule has 18 heavy (non-hydrogen) atoms. The lowest BCUT2D eigenvalue weighted by atomic mass is 9.93. The largest absolute Gasteiger partial charge is 0.395 e. The summed E-state index contributed by atoms with van der Waals surface area (Å²) in [6, 6.07) is 0.250.